The smallest absolute Gasteiger partial charge is 0.336 e. The largest absolute Gasteiger partial charge is 0.478 e. The number of carboxylic acids is 1. The number of carboxylic acid groups (broad SMARTS) is 1. The van der Waals surface area contributed by atoms with Crippen LogP contribution in [0.15, 0.2) is 130 Å². The van der Waals surface area contributed by atoms with E-state index in [-0.39, 0.29) is 17.0 Å². The molecular weight excluding hydrogens is 670 g/mol. The Morgan fingerprint density at radius 3 is 2.24 bits per heavy atom. The number of thiazole rings is 1. The number of carbonyl (C=O) groups excluding carboxylic acids is 2. The molecule has 1 aromatic heterocycles. The third-order valence-corrected chi connectivity index (χ3v) is 9.47. The van der Waals surface area contributed by atoms with Gasteiger partial charge in [-0.25, -0.2) is 9.78 Å². The van der Waals surface area contributed by atoms with Crippen LogP contribution in [0, 0.1) is 0 Å². The Morgan fingerprint density at radius 2 is 1.51 bits per heavy atom. The highest BCUT2D eigenvalue weighted by Gasteiger charge is 2.24. The quantitative estimate of drug-likeness (QED) is 0.130. The van der Waals surface area contributed by atoms with E-state index in [2.05, 4.69) is 31.5 Å². The van der Waals surface area contributed by atoms with Crippen LogP contribution >= 0.6 is 39.0 Å². The number of rotatable bonds is 9. The maximum absolute atomic E-state index is 13.7. The zero-order valence-corrected chi connectivity index (χ0v) is 26.7. The maximum Gasteiger partial charge on any atom is 0.336 e. The highest BCUT2D eigenvalue weighted by atomic mass is 79.9. The number of aromatic nitrogens is 1. The predicted octanol–water partition coefficient (Wildman–Crippen LogP) is 9.15. The number of carbonyl (C=O) groups is 3. The topological polar surface area (TPSA) is 108 Å². The number of hydrogen-bond donors (Lipinski definition) is 3. The van der Waals surface area contributed by atoms with Crippen molar-refractivity contribution in [2.45, 2.75) is 10.1 Å². The zero-order chi connectivity index (χ0) is 31.3. The molecular formula is C35H24BrN3O4S2. The number of amides is 2. The first kappa shape index (κ1) is 30.3. The van der Waals surface area contributed by atoms with Gasteiger partial charge in [0.2, 0.25) is 5.91 Å². The van der Waals surface area contributed by atoms with Crippen molar-refractivity contribution in [1.29, 1.82) is 0 Å². The van der Waals surface area contributed by atoms with Crippen molar-refractivity contribution >= 4 is 78.4 Å². The van der Waals surface area contributed by atoms with Crippen molar-refractivity contribution in [3.63, 3.8) is 0 Å². The van der Waals surface area contributed by atoms with Crippen molar-refractivity contribution in [3.8, 4) is 11.3 Å². The number of aromatic carboxylic acids is 1. The summed E-state index contributed by atoms with van der Waals surface area (Å²) in [7, 11) is 0. The molecule has 6 rings (SSSR count). The van der Waals surface area contributed by atoms with Gasteiger partial charge >= 0.3 is 5.97 Å². The Bertz CT molecular complexity index is 2030. The first-order valence-electron chi connectivity index (χ1n) is 13.8. The van der Waals surface area contributed by atoms with Crippen LogP contribution in [-0.4, -0.2) is 27.9 Å². The van der Waals surface area contributed by atoms with Gasteiger partial charge in [0.25, 0.3) is 5.91 Å². The number of halogens is 1. The Balaban J connectivity index is 1.23. The summed E-state index contributed by atoms with van der Waals surface area (Å²) in [6.07, 6.45) is 0. The van der Waals surface area contributed by atoms with E-state index in [1.807, 2.05) is 66.0 Å². The van der Waals surface area contributed by atoms with Crippen LogP contribution < -0.4 is 10.6 Å². The number of hydrogen-bond acceptors (Lipinski definition) is 6. The van der Waals surface area contributed by atoms with Gasteiger partial charge in [-0.05, 0) is 53.4 Å². The van der Waals surface area contributed by atoms with Gasteiger partial charge in [-0.1, -0.05) is 88.7 Å². The van der Waals surface area contributed by atoms with Crippen LogP contribution in [0.1, 0.15) is 31.5 Å². The van der Waals surface area contributed by atoms with Crippen molar-refractivity contribution in [2.75, 3.05) is 10.6 Å². The first-order valence-corrected chi connectivity index (χ1v) is 16.3. The maximum atomic E-state index is 13.7. The van der Waals surface area contributed by atoms with Crippen molar-refractivity contribution in [3.05, 3.63) is 142 Å². The molecule has 0 saturated carbocycles. The van der Waals surface area contributed by atoms with Gasteiger partial charge in [-0.3, -0.25) is 9.59 Å². The lowest BCUT2D eigenvalue weighted by atomic mass is 9.98. The Kier molecular flexibility index (Phi) is 9.06. The van der Waals surface area contributed by atoms with Crippen LogP contribution in [0.3, 0.4) is 0 Å². The second-order valence-electron chi connectivity index (χ2n) is 9.94. The van der Waals surface area contributed by atoms with Gasteiger partial charge in [-0.15, -0.1) is 23.1 Å². The summed E-state index contributed by atoms with van der Waals surface area (Å²) in [5, 5.41) is 18.4. The molecule has 3 N–H and O–H groups in total. The number of fused-ring (bicyclic) bond motifs is 1. The Labute approximate surface area is 275 Å². The van der Waals surface area contributed by atoms with E-state index < -0.39 is 17.1 Å². The van der Waals surface area contributed by atoms with Gasteiger partial charge < -0.3 is 15.7 Å². The summed E-state index contributed by atoms with van der Waals surface area (Å²) in [5.41, 5.74) is 3.37. The molecule has 1 unspecified atom stereocenters. The molecule has 10 heteroatoms. The monoisotopic (exact) mass is 693 g/mol. The molecule has 0 bridgehead atoms. The molecule has 6 aromatic rings. The molecule has 5 aromatic carbocycles. The third kappa shape index (κ3) is 6.99. The molecule has 7 nitrogen and oxygen atoms in total. The minimum atomic E-state index is -1.10. The highest BCUT2D eigenvalue weighted by molar-refractivity contribution is 9.10. The Hall–Kier alpha value is -4.77. The molecule has 0 spiro atoms. The van der Waals surface area contributed by atoms with Gasteiger partial charge in [0.05, 0.1) is 11.3 Å². The Morgan fingerprint density at radius 1 is 0.800 bits per heavy atom. The van der Waals surface area contributed by atoms with E-state index >= 15 is 0 Å². The van der Waals surface area contributed by atoms with Gasteiger partial charge in [0.15, 0.2) is 5.13 Å². The fraction of sp³-hybridized carbons (Fsp3) is 0.0286. The lowest BCUT2D eigenvalue weighted by Gasteiger charge is -2.17. The summed E-state index contributed by atoms with van der Waals surface area (Å²) in [6, 6.07) is 34.5. The standard InChI is InChI=1S/C35H24BrN3O4S2/c36-24-17-15-21(16-18-24)29-20-44-35(38-29)39-33(41)31(23-7-2-1-3-8-23)45-26-12-6-11-25(19-26)37-32(40)27-13-4-9-22-10-5-14-28(30(22)27)34(42)43/h1-20,31H,(H,37,40)(H,42,43)(H,38,39,41). The second kappa shape index (κ2) is 13.5. The number of anilines is 2. The van der Waals surface area contributed by atoms with E-state index in [1.165, 1.54) is 29.2 Å². The summed E-state index contributed by atoms with van der Waals surface area (Å²) in [6.45, 7) is 0. The molecule has 0 aliphatic heterocycles. The van der Waals surface area contributed by atoms with E-state index in [9.17, 15) is 19.5 Å². The van der Waals surface area contributed by atoms with Crippen LogP contribution in [0.2, 0.25) is 0 Å². The molecule has 0 aliphatic carbocycles. The van der Waals surface area contributed by atoms with Crippen molar-refractivity contribution in [2.24, 2.45) is 0 Å². The minimum Gasteiger partial charge on any atom is -0.478 e. The first-order chi connectivity index (χ1) is 21.9. The molecule has 1 heterocycles. The lowest BCUT2D eigenvalue weighted by Crippen LogP contribution is -2.19. The third-order valence-electron chi connectivity index (χ3n) is 6.94. The van der Waals surface area contributed by atoms with E-state index in [4.69, 9.17) is 0 Å². The zero-order valence-electron chi connectivity index (χ0n) is 23.4. The SMILES string of the molecule is O=C(O)c1cccc2cccc(C(=O)Nc3cccc(SC(C(=O)Nc4nc(-c5ccc(Br)cc5)cs4)c4ccccc4)c3)c12. The summed E-state index contributed by atoms with van der Waals surface area (Å²) >= 11 is 6.16. The van der Waals surface area contributed by atoms with E-state index in [1.54, 1.807) is 48.5 Å². The summed E-state index contributed by atoms with van der Waals surface area (Å²) in [5.74, 6) is -1.76. The number of nitrogens with zero attached hydrogens (tertiary/aromatic N) is 1. The number of thioether (sulfide) groups is 1. The van der Waals surface area contributed by atoms with Gasteiger partial charge in [-0.2, -0.15) is 0 Å². The lowest BCUT2D eigenvalue weighted by molar-refractivity contribution is -0.115. The molecule has 45 heavy (non-hydrogen) atoms. The molecule has 0 saturated heterocycles. The van der Waals surface area contributed by atoms with E-state index in [0.717, 1.165) is 26.2 Å². The van der Waals surface area contributed by atoms with Crippen LogP contribution in [0.25, 0.3) is 22.0 Å². The normalized spacial score (nSPS) is 11.6. The van der Waals surface area contributed by atoms with Crippen LogP contribution in [0.4, 0.5) is 10.8 Å². The minimum absolute atomic E-state index is 0.0588. The average Bonchev–Trinajstić information content (AvgIpc) is 3.52. The average molecular weight is 695 g/mol. The van der Waals surface area contributed by atoms with E-state index in [0.29, 0.717) is 21.6 Å². The molecule has 2 amide bonds. The van der Waals surface area contributed by atoms with Crippen LogP contribution in [-0.2, 0) is 4.79 Å². The predicted molar refractivity (Wildman–Crippen MR) is 184 cm³/mol. The number of nitrogens with one attached hydrogen (secondary N) is 2. The van der Waals surface area contributed by atoms with Crippen LogP contribution in [0.5, 0.6) is 0 Å². The van der Waals surface area contributed by atoms with Gasteiger partial charge in [0, 0.05) is 36.9 Å². The fourth-order valence-corrected chi connectivity index (χ4v) is 6.92. The second-order valence-corrected chi connectivity index (χ2v) is 12.9. The molecule has 1 atom stereocenters. The summed E-state index contributed by atoms with van der Waals surface area (Å²) < 4.78 is 0.974. The molecule has 0 aliphatic rings. The highest BCUT2D eigenvalue weighted by Crippen LogP contribution is 2.38. The van der Waals surface area contributed by atoms with Gasteiger partial charge in [0.1, 0.15) is 5.25 Å². The van der Waals surface area contributed by atoms with Crippen molar-refractivity contribution in [1.82, 2.24) is 4.98 Å². The molecule has 0 fully saturated rings. The van der Waals surface area contributed by atoms with Crippen molar-refractivity contribution < 1.29 is 19.5 Å². The summed E-state index contributed by atoms with van der Waals surface area (Å²) in [4.78, 5) is 44.4. The molecule has 222 valence electrons. The molecule has 0 radical (unpaired) electrons. The fourth-order valence-electron chi connectivity index (χ4n) is 4.85. The number of benzene rings is 5.